The van der Waals surface area contributed by atoms with Gasteiger partial charge in [-0.3, -0.25) is 0 Å². The average molecular weight is 311 g/mol. The van der Waals surface area contributed by atoms with Gasteiger partial charge in [0.05, 0.1) is 12.4 Å². The van der Waals surface area contributed by atoms with E-state index in [1.165, 1.54) is 6.08 Å². The average Bonchev–Trinajstić information content (AvgIpc) is 2.75. The minimum atomic E-state index is -1.72. The second kappa shape index (κ2) is 7.30. The molecule has 1 aliphatic rings. The molecule has 0 bridgehead atoms. The maximum absolute atomic E-state index is 11.2. The van der Waals surface area contributed by atoms with E-state index in [0.717, 1.165) is 25.0 Å². The predicted molar refractivity (Wildman–Crippen MR) is 89.5 cm³/mol. The smallest absolute Gasteiger partial charge is 0.330 e. The lowest BCUT2D eigenvalue weighted by molar-refractivity contribution is -0.137. The van der Waals surface area contributed by atoms with Crippen LogP contribution < -0.4 is 0 Å². The van der Waals surface area contributed by atoms with Crippen LogP contribution in [0.15, 0.2) is 24.0 Å². The molecule has 0 aromatic rings. The van der Waals surface area contributed by atoms with Crippen molar-refractivity contribution >= 4 is 14.3 Å². The fourth-order valence-electron chi connectivity index (χ4n) is 2.04. The Morgan fingerprint density at radius 1 is 1.43 bits per heavy atom. The Bertz CT molecular complexity index is 416. The summed E-state index contributed by atoms with van der Waals surface area (Å²) in [5, 5.41) is 0.232. The van der Waals surface area contributed by atoms with Crippen LogP contribution in [0.1, 0.15) is 47.0 Å². The van der Waals surface area contributed by atoms with Crippen LogP contribution >= 0.6 is 0 Å². The molecule has 0 amide bonds. The zero-order chi connectivity index (χ0) is 16.1. The molecule has 0 saturated heterocycles. The van der Waals surface area contributed by atoms with Crippen molar-refractivity contribution in [3.63, 3.8) is 0 Å². The number of esters is 1. The molecule has 1 rings (SSSR count). The molecule has 1 aliphatic carbocycles. The molecule has 0 heterocycles. The molecule has 4 heteroatoms. The van der Waals surface area contributed by atoms with Crippen molar-refractivity contribution in [3.8, 4) is 0 Å². The second-order valence-electron chi connectivity index (χ2n) is 7.18. The number of allylic oxidation sites excluding steroid dienone is 3. The molecule has 0 aromatic carbocycles. The molecule has 0 spiro atoms. The van der Waals surface area contributed by atoms with Gasteiger partial charge in [-0.1, -0.05) is 26.8 Å². The van der Waals surface area contributed by atoms with Crippen LogP contribution in [0.3, 0.4) is 0 Å². The summed E-state index contributed by atoms with van der Waals surface area (Å²) in [6, 6.07) is 0. The van der Waals surface area contributed by atoms with Crippen molar-refractivity contribution in [2.75, 3.05) is 6.61 Å². The van der Waals surface area contributed by atoms with Gasteiger partial charge in [-0.2, -0.15) is 0 Å². The normalized spacial score (nSPS) is 19.7. The lowest BCUT2D eigenvalue weighted by Gasteiger charge is -2.36. The van der Waals surface area contributed by atoms with E-state index in [0.29, 0.717) is 12.5 Å². The summed E-state index contributed by atoms with van der Waals surface area (Å²) in [6.45, 7) is 13.6. The van der Waals surface area contributed by atoms with Crippen LogP contribution in [0.4, 0.5) is 0 Å². The van der Waals surface area contributed by atoms with Crippen LogP contribution in [-0.4, -0.2) is 20.9 Å². The highest BCUT2D eigenvalue weighted by atomic mass is 28.4. The Morgan fingerprint density at radius 2 is 2.10 bits per heavy atom. The number of rotatable bonds is 6. The molecule has 0 aliphatic heterocycles. The summed E-state index contributed by atoms with van der Waals surface area (Å²) in [6.07, 6.45) is 8.69. The van der Waals surface area contributed by atoms with Crippen molar-refractivity contribution < 1.29 is 14.0 Å². The third-order valence-electron chi connectivity index (χ3n) is 4.35. The molecule has 1 unspecified atom stereocenters. The first-order valence-corrected chi connectivity index (χ1v) is 10.8. The molecule has 0 fully saturated rings. The molecule has 1 atom stereocenters. The first-order valence-electron chi connectivity index (χ1n) is 7.88. The highest BCUT2D eigenvalue weighted by Gasteiger charge is 2.39. The van der Waals surface area contributed by atoms with Crippen molar-refractivity contribution in [2.24, 2.45) is 5.92 Å². The standard InChI is InChI=1S/C17H30O3Si/c1-7-19-16(18)10-8-9-14-11-12-15(13-14)20-21(5,6)17(2,3)4/h8,10,13-14H,7,9,11-12H2,1-6H3/b10-8+. The van der Waals surface area contributed by atoms with Crippen LogP contribution in [0, 0.1) is 5.92 Å². The summed E-state index contributed by atoms with van der Waals surface area (Å²) in [5.41, 5.74) is 0. The van der Waals surface area contributed by atoms with Gasteiger partial charge in [0, 0.05) is 12.5 Å². The van der Waals surface area contributed by atoms with Crippen LogP contribution in [0.2, 0.25) is 18.1 Å². The Kier molecular flexibility index (Phi) is 6.26. The third-order valence-corrected chi connectivity index (χ3v) is 8.74. The molecular weight excluding hydrogens is 280 g/mol. The van der Waals surface area contributed by atoms with Crippen molar-refractivity contribution in [1.82, 2.24) is 0 Å². The summed E-state index contributed by atoms with van der Waals surface area (Å²) in [5.74, 6) is 1.38. The Labute approximate surface area is 130 Å². The minimum Gasteiger partial charge on any atom is -0.547 e. The molecule has 120 valence electrons. The quantitative estimate of drug-likeness (QED) is 0.401. The van der Waals surface area contributed by atoms with E-state index in [9.17, 15) is 4.79 Å². The summed E-state index contributed by atoms with van der Waals surface area (Å²) < 4.78 is 11.2. The van der Waals surface area contributed by atoms with E-state index in [4.69, 9.17) is 9.16 Å². The van der Waals surface area contributed by atoms with Gasteiger partial charge in [0.25, 0.3) is 0 Å². The summed E-state index contributed by atoms with van der Waals surface area (Å²) in [7, 11) is -1.72. The van der Waals surface area contributed by atoms with Crippen LogP contribution in [0.25, 0.3) is 0 Å². The van der Waals surface area contributed by atoms with E-state index in [-0.39, 0.29) is 11.0 Å². The fourth-order valence-corrected chi connectivity index (χ4v) is 3.17. The molecule has 21 heavy (non-hydrogen) atoms. The molecular formula is C17H30O3Si. The minimum absolute atomic E-state index is 0.232. The van der Waals surface area contributed by atoms with Gasteiger partial charge in [0.1, 0.15) is 0 Å². The lowest BCUT2D eigenvalue weighted by atomic mass is 10.1. The Morgan fingerprint density at radius 3 is 2.67 bits per heavy atom. The topological polar surface area (TPSA) is 35.5 Å². The number of ether oxygens (including phenoxy) is 1. The summed E-state index contributed by atoms with van der Waals surface area (Å²) in [4.78, 5) is 11.2. The predicted octanol–water partition coefficient (Wildman–Crippen LogP) is 4.81. The molecule has 0 aromatic heterocycles. The molecule has 0 N–H and O–H groups in total. The van der Waals surface area contributed by atoms with Crippen molar-refractivity contribution in [1.29, 1.82) is 0 Å². The number of hydrogen-bond donors (Lipinski definition) is 0. The van der Waals surface area contributed by atoms with E-state index < -0.39 is 8.32 Å². The number of carbonyl (C=O) groups excluding carboxylic acids is 1. The SMILES string of the molecule is CCOC(=O)/C=C/CC1C=C(O[Si](C)(C)C(C)(C)C)CC1. The summed E-state index contributed by atoms with van der Waals surface area (Å²) >= 11 is 0. The van der Waals surface area contributed by atoms with E-state index in [1.807, 2.05) is 13.0 Å². The van der Waals surface area contributed by atoms with Gasteiger partial charge in [-0.05, 0) is 49.9 Å². The van der Waals surface area contributed by atoms with Crippen molar-refractivity contribution in [2.45, 2.75) is 65.1 Å². The van der Waals surface area contributed by atoms with E-state index in [2.05, 4.69) is 39.9 Å². The Balaban J connectivity index is 2.50. The highest BCUT2D eigenvalue weighted by Crippen LogP contribution is 2.40. The van der Waals surface area contributed by atoms with Crippen LogP contribution in [0.5, 0.6) is 0 Å². The highest BCUT2D eigenvalue weighted by molar-refractivity contribution is 6.74. The van der Waals surface area contributed by atoms with Gasteiger partial charge in [0.2, 0.25) is 8.32 Å². The third kappa shape index (κ3) is 5.69. The van der Waals surface area contributed by atoms with E-state index in [1.54, 1.807) is 0 Å². The van der Waals surface area contributed by atoms with Gasteiger partial charge in [0.15, 0.2) is 0 Å². The molecule has 0 radical (unpaired) electrons. The molecule has 0 saturated carbocycles. The maximum Gasteiger partial charge on any atom is 0.330 e. The van der Waals surface area contributed by atoms with Crippen molar-refractivity contribution in [3.05, 3.63) is 24.0 Å². The van der Waals surface area contributed by atoms with Gasteiger partial charge < -0.3 is 9.16 Å². The van der Waals surface area contributed by atoms with E-state index >= 15 is 0 Å². The zero-order valence-electron chi connectivity index (χ0n) is 14.4. The Hall–Kier alpha value is -1.03. The van der Waals surface area contributed by atoms with Gasteiger partial charge >= 0.3 is 5.97 Å². The zero-order valence-corrected chi connectivity index (χ0v) is 15.4. The monoisotopic (exact) mass is 310 g/mol. The lowest BCUT2D eigenvalue weighted by Crippen LogP contribution is -2.40. The first kappa shape index (κ1) is 18.0. The number of carbonyl (C=O) groups is 1. The van der Waals surface area contributed by atoms with Crippen LogP contribution in [-0.2, 0) is 14.0 Å². The van der Waals surface area contributed by atoms with Gasteiger partial charge in [-0.15, -0.1) is 0 Å². The molecule has 3 nitrogen and oxygen atoms in total. The fraction of sp³-hybridized carbons (Fsp3) is 0.706. The maximum atomic E-state index is 11.2. The van der Waals surface area contributed by atoms with Gasteiger partial charge in [-0.25, -0.2) is 4.79 Å². The number of hydrogen-bond acceptors (Lipinski definition) is 3. The second-order valence-corrected chi connectivity index (χ2v) is 11.9. The largest absolute Gasteiger partial charge is 0.547 e. The first-order chi connectivity index (χ1) is 9.65.